The largest absolute Gasteiger partial charge is 0.322 e. The highest BCUT2D eigenvalue weighted by Gasteiger charge is 2.27. The molecule has 0 aliphatic carbocycles. The Hall–Kier alpha value is -3.06. The van der Waals surface area contributed by atoms with Crippen molar-refractivity contribution in [1.29, 1.82) is 0 Å². The van der Waals surface area contributed by atoms with Gasteiger partial charge in [-0.15, -0.1) is 0 Å². The van der Waals surface area contributed by atoms with E-state index in [1.165, 1.54) is 12.0 Å². The van der Waals surface area contributed by atoms with Crippen molar-refractivity contribution in [2.75, 3.05) is 11.9 Å². The minimum Gasteiger partial charge on any atom is -0.322 e. The van der Waals surface area contributed by atoms with Crippen molar-refractivity contribution < 1.29 is 4.79 Å². The Bertz CT molecular complexity index is 984. The molecule has 1 aromatic carbocycles. The molecule has 1 amide bonds. The van der Waals surface area contributed by atoms with Crippen LogP contribution in [0.1, 0.15) is 52.7 Å². The maximum Gasteiger partial charge on any atom is 0.259 e. The Balaban J connectivity index is 1.51. The molecule has 1 N–H and O–H groups in total. The van der Waals surface area contributed by atoms with Gasteiger partial charge < -0.3 is 5.32 Å². The average molecular weight is 390 g/mol. The summed E-state index contributed by atoms with van der Waals surface area (Å²) in [6.45, 7) is 3.72. The van der Waals surface area contributed by atoms with Crippen LogP contribution in [0.4, 0.5) is 5.69 Å². The van der Waals surface area contributed by atoms with Crippen LogP contribution < -0.4 is 5.32 Å². The van der Waals surface area contributed by atoms with Crippen LogP contribution in [0.15, 0.2) is 48.9 Å². The molecule has 150 valence electrons. The van der Waals surface area contributed by atoms with Gasteiger partial charge in [-0.3, -0.25) is 14.4 Å². The van der Waals surface area contributed by atoms with E-state index in [9.17, 15) is 4.79 Å². The highest BCUT2D eigenvalue weighted by molar-refractivity contribution is 6.04. The molecule has 1 fully saturated rings. The topological polar surface area (TPSA) is 75.9 Å². The van der Waals surface area contributed by atoms with E-state index in [1.54, 1.807) is 6.20 Å². The van der Waals surface area contributed by atoms with Gasteiger partial charge in [0, 0.05) is 37.2 Å². The fourth-order valence-electron chi connectivity index (χ4n) is 3.85. The Morgan fingerprint density at radius 3 is 2.76 bits per heavy atom. The normalized spacial score (nSPS) is 17.2. The molecule has 0 unspecified atom stereocenters. The zero-order valence-electron chi connectivity index (χ0n) is 16.9. The minimum absolute atomic E-state index is 0.161. The van der Waals surface area contributed by atoms with Gasteiger partial charge in [-0.25, -0.2) is 9.97 Å². The Morgan fingerprint density at radius 2 is 2.03 bits per heavy atom. The molecule has 2 aromatic heterocycles. The lowest BCUT2D eigenvalue weighted by Gasteiger charge is -2.34. The van der Waals surface area contributed by atoms with Gasteiger partial charge in [-0.2, -0.15) is 5.10 Å². The van der Waals surface area contributed by atoms with Gasteiger partial charge >= 0.3 is 0 Å². The van der Waals surface area contributed by atoms with Crippen LogP contribution >= 0.6 is 0 Å². The first-order valence-electron chi connectivity index (χ1n) is 10.0. The molecule has 0 bridgehead atoms. The van der Waals surface area contributed by atoms with E-state index in [4.69, 9.17) is 4.98 Å². The highest BCUT2D eigenvalue weighted by atomic mass is 16.1. The standard InChI is InChI=1S/C22H26N6O/c1-16-19(22(29)26-18-8-4-3-5-9-18)13-23-21(25-16)20-10-6-7-11-28(20)15-17-12-24-27(2)14-17/h3-5,8-9,12-14,20H,6-7,10-11,15H2,1-2H3,(H,26,29)/t20-/m0/s1. The number of carbonyl (C=O) groups excluding carboxylic acids is 1. The fourth-order valence-corrected chi connectivity index (χ4v) is 3.85. The molecule has 0 spiro atoms. The molecule has 3 aromatic rings. The number of hydrogen-bond acceptors (Lipinski definition) is 5. The zero-order chi connectivity index (χ0) is 20.2. The summed E-state index contributed by atoms with van der Waals surface area (Å²) < 4.78 is 1.83. The van der Waals surface area contributed by atoms with Crippen LogP contribution in [0.2, 0.25) is 0 Å². The molecule has 4 rings (SSSR count). The van der Waals surface area contributed by atoms with Crippen LogP contribution in [0.5, 0.6) is 0 Å². The highest BCUT2D eigenvalue weighted by Crippen LogP contribution is 2.30. The second-order valence-corrected chi connectivity index (χ2v) is 7.55. The minimum atomic E-state index is -0.184. The molecule has 0 saturated carbocycles. The van der Waals surface area contributed by atoms with Crippen LogP contribution in [0, 0.1) is 6.92 Å². The number of piperidine rings is 1. The fraction of sp³-hybridized carbons (Fsp3) is 0.364. The van der Waals surface area contributed by atoms with E-state index in [0.717, 1.165) is 37.4 Å². The van der Waals surface area contributed by atoms with E-state index in [2.05, 4.69) is 26.5 Å². The molecule has 1 atom stereocenters. The first-order chi connectivity index (χ1) is 14.1. The molecule has 7 heteroatoms. The summed E-state index contributed by atoms with van der Waals surface area (Å²) in [6, 6.07) is 9.58. The quantitative estimate of drug-likeness (QED) is 0.722. The number of amides is 1. The van der Waals surface area contributed by atoms with Crippen molar-refractivity contribution in [3.05, 3.63) is 71.6 Å². The number of carbonyl (C=O) groups is 1. The number of likely N-dealkylation sites (tertiary alicyclic amines) is 1. The maximum atomic E-state index is 12.6. The van der Waals surface area contributed by atoms with Crippen LogP contribution in [-0.4, -0.2) is 37.1 Å². The van der Waals surface area contributed by atoms with E-state index < -0.39 is 0 Å². The third-order valence-corrected chi connectivity index (χ3v) is 5.33. The van der Waals surface area contributed by atoms with E-state index in [-0.39, 0.29) is 11.9 Å². The van der Waals surface area contributed by atoms with Crippen molar-refractivity contribution in [1.82, 2.24) is 24.6 Å². The van der Waals surface area contributed by atoms with E-state index in [1.807, 2.05) is 55.2 Å². The number of aryl methyl sites for hydroxylation is 2. The lowest BCUT2D eigenvalue weighted by atomic mass is 10.0. The summed E-state index contributed by atoms with van der Waals surface area (Å²) in [5, 5.41) is 7.18. The molecular formula is C22H26N6O. The summed E-state index contributed by atoms with van der Waals surface area (Å²) in [7, 11) is 1.93. The molecule has 29 heavy (non-hydrogen) atoms. The summed E-state index contributed by atoms with van der Waals surface area (Å²) >= 11 is 0. The monoisotopic (exact) mass is 390 g/mol. The number of para-hydroxylation sites is 1. The number of nitrogens with one attached hydrogen (secondary N) is 1. The predicted molar refractivity (Wildman–Crippen MR) is 111 cm³/mol. The number of anilines is 1. The molecule has 1 aliphatic rings. The lowest BCUT2D eigenvalue weighted by molar-refractivity contribution is 0.102. The van der Waals surface area contributed by atoms with Gasteiger partial charge in [-0.05, 0) is 38.4 Å². The molecule has 1 aliphatic heterocycles. The first-order valence-corrected chi connectivity index (χ1v) is 10.0. The lowest BCUT2D eigenvalue weighted by Crippen LogP contribution is -2.34. The van der Waals surface area contributed by atoms with Gasteiger partial charge in [0.15, 0.2) is 0 Å². The zero-order valence-corrected chi connectivity index (χ0v) is 16.9. The third-order valence-electron chi connectivity index (χ3n) is 5.33. The molecule has 1 saturated heterocycles. The first kappa shape index (κ1) is 19.3. The van der Waals surface area contributed by atoms with Crippen molar-refractivity contribution in [3.63, 3.8) is 0 Å². The van der Waals surface area contributed by atoms with Gasteiger partial charge in [0.1, 0.15) is 5.82 Å². The number of hydrogen-bond donors (Lipinski definition) is 1. The molecule has 7 nitrogen and oxygen atoms in total. The van der Waals surface area contributed by atoms with Crippen molar-refractivity contribution in [2.24, 2.45) is 7.05 Å². The van der Waals surface area contributed by atoms with Crippen LogP contribution in [-0.2, 0) is 13.6 Å². The van der Waals surface area contributed by atoms with Crippen molar-refractivity contribution >= 4 is 11.6 Å². The van der Waals surface area contributed by atoms with Crippen molar-refractivity contribution in [2.45, 2.75) is 38.8 Å². The second-order valence-electron chi connectivity index (χ2n) is 7.55. The number of rotatable bonds is 5. The Labute approximate surface area is 170 Å². The second kappa shape index (κ2) is 8.53. The number of nitrogens with zero attached hydrogens (tertiary/aromatic N) is 5. The Morgan fingerprint density at radius 1 is 1.21 bits per heavy atom. The van der Waals surface area contributed by atoms with Gasteiger partial charge in [0.05, 0.1) is 23.5 Å². The SMILES string of the molecule is Cc1nc([C@@H]2CCCCN2Cc2cnn(C)c2)ncc1C(=O)Nc1ccccc1. The summed E-state index contributed by atoms with van der Waals surface area (Å²) in [5.74, 6) is 0.610. The average Bonchev–Trinajstić information content (AvgIpc) is 3.13. The van der Waals surface area contributed by atoms with Crippen LogP contribution in [0.25, 0.3) is 0 Å². The summed E-state index contributed by atoms with van der Waals surface area (Å²) in [6.07, 6.45) is 8.98. The van der Waals surface area contributed by atoms with Crippen LogP contribution in [0.3, 0.4) is 0 Å². The Kier molecular flexibility index (Phi) is 5.67. The van der Waals surface area contributed by atoms with E-state index in [0.29, 0.717) is 11.3 Å². The summed E-state index contributed by atoms with van der Waals surface area (Å²) in [4.78, 5) is 24.3. The van der Waals surface area contributed by atoms with Gasteiger partial charge in [0.2, 0.25) is 0 Å². The molecular weight excluding hydrogens is 364 g/mol. The van der Waals surface area contributed by atoms with Gasteiger partial charge in [0.25, 0.3) is 5.91 Å². The third kappa shape index (κ3) is 4.51. The number of aromatic nitrogens is 4. The predicted octanol–water partition coefficient (Wildman–Crippen LogP) is 3.50. The van der Waals surface area contributed by atoms with E-state index >= 15 is 0 Å². The molecule has 3 heterocycles. The van der Waals surface area contributed by atoms with Crippen molar-refractivity contribution in [3.8, 4) is 0 Å². The number of benzene rings is 1. The molecule has 0 radical (unpaired) electrons. The summed E-state index contributed by atoms with van der Waals surface area (Å²) in [5.41, 5.74) is 3.16. The smallest absolute Gasteiger partial charge is 0.259 e. The van der Waals surface area contributed by atoms with Gasteiger partial charge in [-0.1, -0.05) is 24.6 Å². The maximum absolute atomic E-state index is 12.6.